The molecule has 0 N–H and O–H groups in total. The van der Waals surface area contributed by atoms with E-state index in [-0.39, 0.29) is 5.92 Å². The van der Waals surface area contributed by atoms with E-state index in [1.54, 1.807) is 0 Å². The number of thiophene rings is 1. The number of furan rings is 1. The maximum absolute atomic E-state index is 6.68. The van der Waals surface area contributed by atoms with Crippen LogP contribution in [-0.4, -0.2) is 19.5 Å². The molecular formula is C52H36N4OS. The van der Waals surface area contributed by atoms with Crippen molar-refractivity contribution in [1.29, 1.82) is 0 Å². The van der Waals surface area contributed by atoms with Crippen LogP contribution in [0.25, 0.3) is 104 Å². The summed E-state index contributed by atoms with van der Waals surface area (Å²) in [6, 6.07) is 54.2. The minimum atomic E-state index is 0.134. The minimum Gasteiger partial charge on any atom is -0.455 e. The highest BCUT2D eigenvalue weighted by molar-refractivity contribution is 7.25. The minimum absolute atomic E-state index is 0.134. The van der Waals surface area contributed by atoms with Gasteiger partial charge in [-0.05, 0) is 84.5 Å². The predicted octanol–water partition coefficient (Wildman–Crippen LogP) is 14.3. The Labute approximate surface area is 338 Å². The number of para-hydroxylation sites is 3. The van der Waals surface area contributed by atoms with Gasteiger partial charge in [0.25, 0.3) is 0 Å². The Bertz CT molecular complexity index is 3390. The Hall–Kier alpha value is -6.89. The van der Waals surface area contributed by atoms with E-state index in [1.807, 2.05) is 29.5 Å². The van der Waals surface area contributed by atoms with Crippen molar-refractivity contribution in [2.45, 2.75) is 25.7 Å². The number of allylic oxidation sites excluding steroid dienone is 2. The van der Waals surface area contributed by atoms with Crippen molar-refractivity contribution in [2.24, 2.45) is 5.92 Å². The summed E-state index contributed by atoms with van der Waals surface area (Å²) in [5, 5.41) is 7.21. The molecule has 0 bridgehead atoms. The lowest BCUT2D eigenvalue weighted by molar-refractivity contribution is 0.453. The summed E-state index contributed by atoms with van der Waals surface area (Å²) in [5.41, 5.74) is 9.42. The van der Waals surface area contributed by atoms with Crippen LogP contribution in [0.4, 0.5) is 0 Å². The molecule has 0 aliphatic heterocycles. The summed E-state index contributed by atoms with van der Waals surface area (Å²) in [6.45, 7) is 2.29. The van der Waals surface area contributed by atoms with Gasteiger partial charge in [-0.2, -0.15) is 0 Å². The lowest BCUT2D eigenvalue weighted by Crippen LogP contribution is -2.15. The molecule has 11 aromatic rings. The predicted molar refractivity (Wildman–Crippen MR) is 241 cm³/mol. The molecule has 12 rings (SSSR count). The van der Waals surface area contributed by atoms with Gasteiger partial charge in [0.2, 0.25) is 0 Å². The van der Waals surface area contributed by atoms with E-state index in [9.17, 15) is 0 Å². The van der Waals surface area contributed by atoms with Gasteiger partial charge < -0.3 is 8.98 Å². The van der Waals surface area contributed by atoms with E-state index in [2.05, 4.69) is 157 Å². The van der Waals surface area contributed by atoms with Crippen LogP contribution >= 0.6 is 11.3 Å². The van der Waals surface area contributed by atoms with E-state index < -0.39 is 0 Å². The van der Waals surface area contributed by atoms with Gasteiger partial charge >= 0.3 is 0 Å². The second kappa shape index (κ2) is 13.1. The topological polar surface area (TPSA) is 56.7 Å². The zero-order chi connectivity index (χ0) is 38.3. The highest BCUT2D eigenvalue weighted by atomic mass is 32.1. The van der Waals surface area contributed by atoms with Crippen LogP contribution in [0.15, 0.2) is 168 Å². The highest BCUT2D eigenvalue weighted by Gasteiger charge is 2.25. The van der Waals surface area contributed by atoms with Gasteiger partial charge in [0.1, 0.15) is 17.0 Å². The smallest absolute Gasteiger partial charge is 0.167 e. The first-order valence-corrected chi connectivity index (χ1v) is 20.9. The molecule has 4 heterocycles. The quantitative estimate of drug-likeness (QED) is 0.164. The fourth-order valence-corrected chi connectivity index (χ4v) is 10.2. The van der Waals surface area contributed by atoms with Crippen LogP contribution in [0.2, 0.25) is 0 Å². The number of benzene rings is 7. The first-order valence-electron chi connectivity index (χ1n) is 20.0. The van der Waals surface area contributed by atoms with Crippen LogP contribution in [0.1, 0.15) is 31.5 Å². The summed E-state index contributed by atoms with van der Waals surface area (Å²) in [7, 11) is 0. The number of hydrogen-bond donors (Lipinski definition) is 0. The van der Waals surface area contributed by atoms with Gasteiger partial charge in [0.15, 0.2) is 11.6 Å². The number of fused-ring (bicyclic) bond motifs is 9. The van der Waals surface area contributed by atoms with E-state index in [4.69, 9.17) is 19.4 Å². The van der Waals surface area contributed by atoms with Crippen molar-refractivity contribution in [2.75, 3.05) is 0 Å². The van der Waals surface area contributed by atoms with E-state index >= 15 is 0 Å². The summed E-state index contributed by atoms with van der Waals surface area (Å²) in [6.07, 6.45) is 6.73. The summed E-state index contributed by atoms with van der Waals surface area (Å²) in [4.78, 5) is 15.3. The van der Waals surface area contributed by atoms with Crippen molar-refractivity contribution >= 4 is 75.3 Å². The molecule has 5 nitrogen and oxygen atoms in total. The zero-order valence-electron chi connectivity index (χ0n) is 31.8. The molecule has 0 amide bonds. The summed E-state index contributed by atoms with van der Waals surface area (Å²) >= 11 is 1.85. The molecule has 276 valence electrons. The molecular weight excluding hydrogens is 729 g/mol. The Balaban J connectivity index is 0.952. The fourth-order valence-electron chi connectivity index (χ4n) is 9.13. The van der Waals surface area contributed by atoms with Crippen LogP contribution in [0.5, 0.6) is 0 Å². The molecule has 4 aromatic heterocycles. The maximum Gasteiger partial charge on any atom is 0.167 e. The molecule has 0 saturated carbocycles. The van der Waals surface area contributed by atoms with Crippen molar-refractivity contribution in [3.63, 3.8) is 0 Å². The summed E-state index contributed by atoms with van der Waals surface area (Å²) < 4.78 is 11.6. The lowest BCUT2D eigenvalue weighted by Gasteiger charge is -2.23. The van der Waals surface area contributed by atoms with Crippen LogP contribution in [0.3, 0.4) is 0 Å². The van der Waals surface area contributed by atoms with Crippen LogP contribution in [0, 0.1) is 5.92 Å². The van der Waals surface area contributed by atoms with Gasteiger partial charge in [-0.15, -0.1) is 11.3 Å². The zero-order valence-corrected chi connectivity index (χ0v) is 32.6. The molecule has 7 aromatic carbocycles. The molecule has 0 spiro atoms. The molecule has 58 heavy (non-hydrogen) atoms. The molecule has 1 aliphatic carbocycles. The average Bonchev–Trinajstić information content (AvgIpc) is 3.95. The first-order chi connectivity index (χ1) is 28.6. The van der Waals surface area contributed by atoms with Gasteiger partial charge in [-0.1, -0.05) is 116 Å². The van der Waals surface area contributed by atoms with Gasteiger partial charge in [0.05, 0.1) is 16.6 Å². The first kappa shape index (κ1) is 33.3. The third-order valence-electron chi connectivity index (χ3n) is 12.1. The number of nitrogens with zero attached hydrogens (tertiary/aromatic N) is 4. The molecule has 6 heteroatoms. The number of rotatable bonds is 5. The molecule has 0 saturated heterocycles. The second-order valence-corrected chi connectivity index (χ2v) is 16.7. The van der Waals surface area contributed by atoms with Crippen molar-refractivity contribution < 1.29 is 4.42 Å². The third kappa shape index (κ3) is 5.25. The molecule has 1 aliphatic rings. The molecule has 0 radical (unpaired) electrons. The van der Waals surface area contributed by atoms with E-state index in [0.717, 1.165) is 57.3 Å². The van der Waals surface area contributed by atoms with Crippen molar-refractivity contribution in [1.82, 2.24) is 19.5 Å². The normalized spacial score (nSPS) is 15.8. The number of hydrogen-bond acceptors (Lipinski definition) is 5. The van der Waals surface area contributed by atoms with E-state index in [0.29, 0.717) is 17.6 Å². The average molecular weight is 765 g/mol. The monoisotopic (exact) mass is 764 g/mol. The Kier molecular flexibility index (Phi) is 7.50. The second-order valence-electron chi connectivity index (χ2n) is 15.6. The molecule has 2 atom stereocenters. The Morgan fingerprint density at radius 3 is 2.10 bits per heavy atom. The Morgan fingerprint density at radius 2 is 1.29 bits per heavy atom. The van der Waals surface area contributed by atoms with Gasteiger partial charge in [0, 0.05) is 58.9 Å². The van der Waals surface area contributed by atoms with E-state index in [1.165, 1.54) is 53.2 Å². The highest BCUT2D eigenvalue weighted by Crippen LogP contribution is 2.42. The standard InChI is InChI=1S/C52H36N4OS/c1-31-12-5-6-15-36(31)51-53-50(32-13-3-2-4-14-32)54-52(55-51)41-19-11-18-40-42-28-33(22-26-46(42)57-49(40)41)34-23-27-47-43(29-34)39-25-24-35(30-48(39)58-47)56-44-20-9-7-16-37(44)38-17-8-10-21-45(38)56/h2-4,6-11,13-31,36H,5,12H2,1H3. The number of aromatic nitrogens is 4. The fraction of sp³-hybridized carbons (Fsp3) is 0.0962. The molecule has 2 unspecified atom stereocenters. The molecule has 0 fully saturated rings. The third-order valence-corrected chi connectivity index (χ3v) is 13.2. The Morgan fingerprint density at radius 1 is 0.569 bits per heavy atom. The maximum atomic E-state index is 6.68. The summed E-state index contributed by atoms with van der Waals surface area (Å²) in [5.74, 6) is 2.70. The largest absolute Gasteiger partial charge is 0.455 e. The van der Waals surface area contributed by atoms with Gasteiger partial charge in [-0.3, -0.25) is 0 Å². The van der Waals surface area contributed by atoms with Crippen molar-refractivity contribution in [3.05, 3.63) is 170 Å². The van der Waals surface area contributed by atoms with Gasteiger partial charge in [-0.25, -0.2) is 15.0 Å². The van der Waals surface area contributed by atoms with Crippen molar-refractivity contribution in [3.8, 4) is 39.6 Å². The SMILES string of the molecule is CC1CCC=CC1c1nc(-c2ccccc2)nc(-c2cccc3c2oc2ccc(-c4ccc5sc6cc(-n7c8ccccc8c8ccccc87)ccc6c5c4)cc23)n1. The van der Waals surface area contributed by atoms with Crippen LogP contribution in [-0.2, 0) is 0 Å². The lowest BCUT2D eigenvalue weighted by atomic mass is 9.85. The van der Waals surface area contributed by atoms with Crippen LogP contribution < -0.4 is 0 Å².